The molecule has 4 rings (SSSR count). The lowest BCUT2D eigenvalue weighted by Crippen LogP contribution is -2.43. The molecule has 42 heavy (non-hydrogen) atoms. The molecule has 0 amide bonds. The van der Waals surface area contributed by atoms with Crippen molar-refractivity contribution in [1.82, 2.24) is 9.37 Å². The maximum absolute atomic E-state index is 13.6. The SMILES string of the molecule is CCOC(=O)C1CCCN(S(=O)(=O)c2ccccc2S(=O)(=O)Oc2cc(C)cc(OCC3CCN(C(=N)N)OC3)c2)C1. The third kappa shape index (κ3) is 7.51. The fourth-order valence-corrected chi connectivity index (χ4v) is 8.04. The molecule has 2 aromatic rings. The number of nitrogens with two attached hydrogens (primary N) is 1. The van der Waals surface area contributed by atoms with Gasteiger partial charge in [-0.2, -0.15) is 12.7 Å². The lowest BCUT2D eigenvalue weighted by atomic mass is 10.0. The van der Waals surface area contributed by atoms with Gasteiger partial charge in [0.1, 0.15) is 21.3 Å². The molecule has 0 bridgehead atoms. The number of hydroxylamine groups is 2. The number of piperidine rings is 1. The van der Waals surface area contributed by atoms with Crippen LogP contribution in [-0.4, -0.2) is 77.6 Å². The zero-order chi connectivity index (χ0) is 30.5. The van der Waals surface area contributed by atoms with Crippen molar-refractivity contribution >= 4 is 32.1 Å². The predicted molar refractivity (Wildman–Crippen MR) is 152 cm³/mol. The summed E-state index contributed by atoms with van der Waals surface area (Å²) in [4.78, 5) is 16.8. The van der Waals surface area contributed by atoms with Gasteiger partial charge in [0.2, 0.25) is 16.0 Å². The van der Waals surface area contributed by atoms with Gasteiger partial charge in [-0.15, -0.1) is 0 Å². The van der Waals surface area contributed by atoms with Gasteiger partial charge in [0.25, 0.3) is 0 Å². The molecule has 2 saturated heterocycles. The van der Waals surface area contributed by atoms with Crippen LogP contribution in [-0.2, 0) is 34.5 Å². The van der Waals surface area contributed by atoms with Crippen LogP contribution >= 0.6 is 0 Å². The van der Waals surface area contributed by atoms with Crippen LogP contribution in [0.1, 0.15) is 31.7 Å². The molecule has 0 radical (unpaired) electrons. The Kier molecular flexibility index (Phi) is 9.97. The molecule has 230 valence electrons. The van der Waals surface area contributed by atoms with Crippen molar-refractivity contribution in [3.05, 3.63) is 48.0 Å². The number of nitrogens with zero attached hydrogens (tertiary/aromatic N) is 2. The maximum atomic E-state index is 13.6. The van der Waals surface area contributed by atoms with Crippen LogP contribution < -0.4 is 14.7 Å². The number of carbonyl (C=O) groups is 1. The van der Waals surface area contributed by atoms with Crippen molar-refractivity contribution in [2.75, 3.05) is 39.5 Å². The van der Waals surface area contributed by atoms with Gasteiger partial charge in [-0.3, -0.25) is 15.0 Å². The molecule has 0 spiro atoms. The smallest absolute Gasteiger partial charge is 0.340 e. The van der Waals surface area contributed by atoms with Crippen LogP contribution in [0.5, 0.6) is 11.5 Å². The minimum Gasteiger partial charge on any atom is -0.493 e. The van der Waals surface area contributed by atoms with Crippen LogP contribution in [0, 0.1) is 24.2 Å². The highest BCUT2D eigenvalue weighted by Gasteiger charge is 2.37. The molecule has 13 nitrogen and oxygen atoms in total. The molecule has 2 fully saturated rings. The average Bonchev–Trinajstić information content (AvgIpc) is 2.96. The quantitative estimate of drug-likeness (QED) is 0.171. The van der Waals surface area contributed by atoms with E-state index in [1.165, 1.54) is 41.5 Å². The summed E-state index contributed by atoms with van der Waals surface area (Å²) in [6.45, 7) is 4.69. The number of esters is 1. The highest BCUT2D eigenvalue weighted by atomic mass is 32.2. The summed E-state index contributed by atoms with van der Waals surface area (Å²) >= 11 is 0. The Morgan fingerprint density at radius 1 is 1.07 bits per heavy atom. The second-order valence-electron chi connectivity index (χ2n) is 10.2. The van der Waals surface area contributed by atoms with E-state index in [1.54, 1.807) is 19.9 Å². The number of hydrogen-bond acceptors (Lipinski definition) is 10. The summed E-state index contributed by atoms with van der Waals surface area (Å²) in [5.41, 5.74) is 6.10. The van der Waals surface area contributed by atoms with Gasteiger partial charge in [-0.05, 0) is 62.9 Å². The van der Waals surface area contributed by atoms with E-state index in [9.17, 15) is 21.6 Å². The van der Waals surface area contributed by atoms with Crippen LogP contribution in [0.15, 0.2) is 52.3 Å². The fraction of sp³-hybridized carbons (Fsp3) is 0.481. The Labute approximate surface area is 246 Å². The first-order valence-electron chi connectivity index (χ1n) is 13.6. The van der Waals surface area contributed by atoms with Crippen molar-refractivity contribution in [2.45, 2.75) is 42.9 Å². The van der Waals surface area contributed by atoms with Crippen molar-refractivity contribution in [2.24, 2.45) is 17.6 Å². The Morgan fingerprint density at radius 3 is 2.45 bits per heavy atom. The molecule has 2 aromatic carbocycles. The van der Waals surface area contributed by atoms with E-state index in [0.717, 1.165) is 4.31 Å². The maximum Gasteiger partial charge on any atom is 0.340 e. The van der Waals surface area contributed by atoms with Crippen molar-refractivity contribution in [3.63, 3.8) is 0 Å². The summed E-state index contributed by atoms with van der Waals surface area (Å²) in [6, 6.07) is 9.88. The van der Waals surface area contributed by atoms with Gasteiger partial charge in [0, 0.05) is 31.6 Å². The van der Waals surface area contributed by atoms with Crippen molar-refractivity contribution < 1.29 is 40.1 Å². The zero-order valence-electron chi connectivity index (χ0n) is 23.5. The lowest BCUT2D eigenvalue weighted by molar-refractivity contribution is -0.149. The number of benzene rings is 2. The van der Waals surface area contributed by atoms with Gasteiger partial charge in [0.15, 0.2) is 0 Å². The number of sulfonamides is 1. The third-order valence-electron chi connectivity index (χ3n) is 6.93. The van der Waals surface area contributed by atoms with Gasteiger partial charge < -0.3 is 19.4 Å². The molecule has 2 aliphatic rings. The van der Waals surface area contributed by atoms with E-state index < -0.39 is 41.8 Å². The monoisotopic (exact) mass is 624 g/mol. The molecule has 2 unspecified atom stereocenters. The largest absolute Gasteiger partial charge is 0.493 e. The minimum atomic E-state index is -4.60. The molecule has 0 saturated carbocycles. The number of rotatable bonds is 10. The van der Waals surface area contributed by atoms with E-state index in [2.05, 4.69) is 0 Å². The second kappa shape index (κ2) is 13.3. The first kappa shape index (κ1) is 31.5. The topological polar surface area (TPSA) is 179 Å². The number of aryl methyl sites for hydroxylation is 1. The van der Waals surface area contributed by atoms with Gasteiger partial charge >= 0.3 is 16.1 Å². The summed E-state index contributed by atoms with van der Waals surface area (Å²) in [6.07, 6.45) is 1.60. The Hall–Kier alpha value is -3.40. The molecular weight excluding hydrogens is 588 g/mol. The van der Waals surface area contributed by atoms with Crippen LogP contribution in [0.2, 0.25) is 0 Å². The molecule has 2 atom stereocenters. The van der Waals surface area contributed by atoms with Crippen LogP contribution in [0.4, 0.5) is 0 Å². The molecule has 0 aliphatic carbocycles. The van der Waals surface area contributed by atoms with Gasteiger partial charge in [0.05, 0.1) is 25.7 Å². The Morgan fingerprint density at radius 2 is 1.79 bits per heavy atom. The van der Waals surface area contributed by atoms with E-state index >= 15 is 0 Å². The first-order valence-corrected chi connectivity index (χ1v) is 16.4. The number of nitrogens with one attached hydrogen (secondary N) is 1. The van der Waals surface area contributed by atoms with Gasteiger partial charge in [-0.1, -0.05) is 12.1 Å². The Balaban J connectivity index is 1.50. The van der Waals surface area contributed by atoms with Gasteiger partial charge in [-0.25, -0.2) is 13.5 Å². The Bertz CT molecular complexity index is 1510. The average molecular weight is 625 g/mol. The second-order valence-corrected chi connectivity index (χ2v) is 13.6. The number of ether oxygens (including phenoxy) is 2. The first-order chi connectivity index (χ1) is 19.9. The number of carbonyl (C=O) groups excluding carboxylic acids is 1. The molecular formula is C27H36N4O9S2. The van der Waals surface area contributed by atoms with E-state index in [0.29, 0.717) is 43.7 Å². The normalized spacial score (nSPS) is 20.1. The number of hydrogen-bond donors (Lipinski definition) is 2. The highest BCUT2D eigenvalue weighted by Crippen LogP contribution is 2.32. The summed E-state index contributed by atoms with van der Waals surface area (Å²) < 4.78 is 71.7. The molecule has 0 aromatic heterocycles. The van der Waals surface area contributed by atoms with Crippen molar-refractivity contribution in [3.8, 4) is 11.5 Å². The number of guanidine groups is 1. The molecule has 15 heteroatoms. The van der Waals surface area contributed by atoms with E-state index in [-0.39, 0.29) is 43.9 Å². The molecule has 3 N–H and O–H groups in total. The van der Waals surface area contributed by atoms with E-state index in [1.807, 2.05) is 0 Å². The third-order valence-corrected chi connectivity index (χ3v) is 10.3. The van der Waals surface area contributed by atoms with E-state index in [4.69, 9.17) is 29.6 Å². The summed E-state index contributed by atoms with van der Waals surface area (Å²) in [5, 5.41) is 8.75. The zero-order valence-corrected chi connectivity index (χ0v) is 25.2. The molecule has 2 aliphatic heterocycles. The summed E-state index contributed by atoms with van der Waals surface area (Å²) in [5.74, 6) is -0.916. The minimum absolute atomic E-state index is 0.0320. The van der Waals surface area contributed by atoms with Crippen LogP contribution in [0.25, 0.3) is 0 Å². The highest BCUT2D eigenvalue weighted by molar-refractivity contribution is 7.91. The lowest BCUT2D eigenvalue weighted by Gasteiger charge is -2.31. The summed E-state index contributed by atoms with van der Waals surface area (Å²) in [7, 11) is -8.89. The standard InChI is InChI=1S/C27H36N4O9S2/c1-3-37-26(32)21-7-6-11-30(16-21)41(33,34)24-8-4-5-9-25(24)42(35,36)40-23-14-19(2)13-22(15-23)38-17-20-10-12-31(27(28)29)39-18-20/h4-5,8-9,13-15,20-21H,3,6-7,10-12,16-18H2,1-2H3,(H3,28,29). The fourth-order valence-electron chi connectivity index (χ4n) is 4.82. The van der Waals surface area contributed by atoms with Crippen molar-refractivity contribution in [1.29, 1.82) is 5.41 Å². The van der Waals surface area contributed by atoms with Crippen LogP contribution in [0.3, 0.4) is 0 Å². The molecule has 2 heterocycles. The predicted octanol–water partition coefficient (Wildman–Crippen LogP) is 2.25.